The molecule has 2 amide bonds. The summed E-state index contributed by atoms with van der Waals surface area (Å²) >= 11 is 0. The second-order valence-electron chi connectivity index (χ2n) is 6.74. The van der Waals surface area contributed by atoms with Gasteiger partial charge in [-0.15, -0.1) is 0 Å². The Morgan fingerprint density at radius 2 is 1.81 bits per heavy atom. The monoisotopic (exact) mass is 372 g/mol. The van der Waals surface area contributed by atoms with Gasteiger partial charge in [-0.25, -0.2) is 9.07 Å². The van der Waals surface area contributed by atoms with E-state index < -0.39 is 0 Å². The standard InChI is InChI=1S/C20H25FN4O2/c1-4-24(5-2)18(26)13-23(3)20(27)19-16-7-6-8-17(16)25(22-19)15-11-9-14(21)10-12-15/h9-12H,4-8,13H2,1-3H3. The molecule has 6 nitrogen and oxygen atoms in total. The smallest absolute Gasteiger partial charge is 0.274 e. The van der Waals surface area contributed by atoms with Crippen molar-refractivity contribution in [3.05, 3.63) is 47.0 Å². The van der Waals surface area contributed by atoms with Gasteiger partial charge in [0.2, 0.25) is 5.91 Å². The number of fused-ring (bicyclic) bond motifs is 1. The third-order valence-electron chi connectivity index (χ3n) is 5.04. The first kappa shape index (κ1) is 19.1. The average Bonchev–Trinajstić information content (AvgIpc) is 3.25. The number of hydrogen-bond donors (Lipinski definition) is 0. The lowest BCUT2D eigenvalue weighted by Gasteiger charge is -2.22. The van der Waals surface area contributed by atoms with Gasteiger partial charge >= 0.3 is 0 Å². The minimum Gasteiger partial charge on any atom is -0.342 e. The second-order valence-corrected chi connectivity index (χ2v) is 6.74. The molecule has 0 unspecified atom stereocenters. The van der Waals surface area contributed by atoms with Crippen molar-refractivity contribution in [2.45, 2.75) is 33.1 Å². The summed E-state index contributed by atoms with van der Waals surface area (Å²) in [6.45, 7) is 5.09. The van der Waals surface area contributed by atoms with Crippen molar-refractivity contribution in [2.24, 2.45) is 0 Å². The van der Waals surface area contributed by atoms with Crippen molar-refractivity contribution in [3.63, 3.8) is 0 Å². The number of benzene rings is 1. The Hall–Kier alpha value is -2.70. The van der Waals surface area contributed by atoms with Crippen molar-refractivity contribution in [2.75, 3.05) is 26.7 Å². The zero-order valence-corrected chi connectivity index (χ0v) is 16.0. The number of carbonyl (C=O) groups is 2. The third-order valence-corrected chi connectivity index (χ3v) is 5.04. The summed E-state index contributed by atoms with van der Waals surface area (Å²) in [4.78, 5) is 28.4. The lowest BCUT2D eigenvalue weighted by Crippen LogP contribution is -2.41. The highest BCUT2D eigenvalue weighted by Gasteiger charge is 2.29. The summed E-state index contributed by atoms with van der Waals surface area (Å²) in [5, 5.41) is 4.52. The van der Waals surface area contributed by atoms with Crippen LogP contribution in [0.2, 0.25) is 0 Å². The molecule has 27 heavy (non-hydrogen) atoms. The Morgan fingerprint density at radius 1 is 1.15 bits per heavy atom. The summed E-state index contributed by atoms with van der Waals surface area (Å²) in [5.74, 6) is -0.645. The lowest BCUT2D eigenvalue weighted by molar-refractivity contribution is -0.131. The molecular formula is C20H25FN4O2. The quantitative estimate of drug-likeness (QED) is 0.783. The van der Waals surface area contributed by atoms with Crippen LogP contribution in [0.4, 0.5) is 4.39 Å². The van der Waals surface area contributed by atoms with Gasteiger partial charge in [-0.1, -0.05) is 0 Å². The summed E-state index contributed by atoms with van der Waals surface area (Å²) in [7, 11) is 1.63. The molecule has 2 aromatic rings. The van der Waals surface area contributed by atoms with Gasteiger partial charge < -0.3 is 9.80 Å². The average molecular weight is 372 g/mol. The van der Waals surface area contributed by atoms with Crippen molar-refractivity contribution in [1.82, 2.24) is 19.6 Å². The number of amides is 2. The van der Waals surface area contributed by atoms with Gasteiger partial charge in [0.15, 0.2) is 5.69 Å². The van der Waals surface area contributed by atoms with Crippen molar-refractivity contribution in [1.29, 1.82) is 0 Å². The fourth-order valence-corrected chi connectivity index (χ4v) is 3.54. The normalized spacial score (nSPS) is 12.7. The molecule has 0 fully saturated rings. The predicted molar refractivity (Wildman–Crippen MR) is 100 cm³/mol. The Labute approximate surface area is 158 Å². The van der Waals surface area contributed by atoms with Crippen molar-refractivity contribution >= 4 is 11.8 Å². The number of nitrogens with zero attached hydrogens (tertiary/aromatic N) is 4. The molecule has 1 aromatic heterocycles. The van der Waals surface area contributed by atoms with Gasteiger partial charge in [0.05, 0.1) is 12.2 Å². The molecule has 1 heterocycles. The van der Waals surface area contributed by atoms with Gasteiger partial charge in [-0.05, 0) is 57.4 Å². The van der Waals surface area contributed by atoms with Gasteiger partial charge in [0, 0.05) is 31.4 Å². The van der Waals surface area contributed by atoms with E-state index in [1.54, 1.807) is 28.8 Å². The maximum atomic E-state index is 13.2. The van der Waals surface area contributed by atoms with E-state index in [1.165, 1.54) is 17.0 Å². The Balaban J connectivity index is 1.86. The van der Waals surface area contributed by atoms with Crippen LogP contribution in [0, 0.1) is 5.82 Å². The lowest BCUT2D eigenvalue weighted by atomic mass is 10.2. The first-order chi connectivity index (χ1) is 13.0. The first-order valence-electron chi connectivity index (χ1n) is 9.36. The SMILES string of the molecule is CCN(CC)C(=O)CN(C)C(=O)c1nn(-c2ccc(F)cc2)c2c1CCC2. The Bertz CT molecular complexity index is 840. The number of aromatic nitrogens is 2. The molecule has 0 spiro atoms. The van der Waals surface area contributed by atoms with E-state index >= 15 is 0 Å². The van der Waals surface area contributed by atoms with Crippen LogP contribution in [0.1, 0.15) is 42.0 Å². The molecule has 1 aliphatic carbocycles. The molecule has 0 saturated heterocycles. The van der Waals surface area contributed by atoms with E-state index in [0.717, 1.165) is 36.2 Å². The molecule has 1 aliphatic rings. The number of hydrogen-bond acceptors (Lipinski definition) is 3. The fraction of sp³-hybridized carbons (Fsp3) is 0.450. The predicted octanol–water partition coefficient (Wildman–Crippen LogP) is 2.44. The molecule has 7 heteroatoms. The third kappa shape index (κ3) is 3.72. The molecule has 0 N–H and O–H groups in total. The molecule has 1 aromatic carbocycles. The zero-order chi connectivity index (χ0) is 19.6. The molecule has 0 aliphatic heterocycles. The van der Waals surface area contributed by atoms with E-state index in [9.17, 15) is 14.0 Å². The highest BCUT2D eigenvalue weighted by Crippen LogP contribution is 2.28. The second kappa shape index (κ2) is 7.90. The van der Waals surface area contributed by atoms with Crippen LogP contribution in [-0.4, -0.2) is 58.1 Å². The van der Waals surface area contributed by atoms with E-state index in [0.29, 0.717) is 18.8 Å². The van der Waals surface area contributed by atoms with E-state index in [2.05, 4.69) is 5.10 Å². The fourth-order valence-electron chi connectivity index (χ4n) is 3.54. The number of halogens is 1. The highest BCUT2D eigenvalue weighted by molar-refractivity contribution is 5.96. The van der Waals surface area contributed by atoms with Gasteiger partial charge in [-0.2, -0.15) is 5.10 Å². The van der Waals surface area contributed by atoms with Gasteiger partial charge in [-0.3, -0.25) is 9.59 Å². The largest absolute Gasteiger partial charge is 0.342 e. The molecule has 144 valence electrons. The van der Waals surface area contributed by atoms with Crippen LogP contribution < -0.4 is 0 Å². The van der Waals surface area contributed by atoms with E-state index in [1.807, 2.05) is 13.8 Å². The van der Waals surface area contributed by atoms with Crippen molar-refractivity contribution < 1.29 is 14.0 Å². The molecule has 0 radical (unpaired) electrons. The number of likely N-dealkylation sites (N-methyl/N-ethyl adjacent to an activating group) is 2. The Kier molecular flexibility index (Phi) is 5.58. The maximum absolute atomic E-state index is 13.2. The number of carbonyl (C=O) groups excluding carboxylic acids is 2. The minimum atomic E-state index is -0.312. The summed E-state index contributed by atoms with van der Waals surface area (Å²) in [6, 6.07) is 6.08. The minimum absolute atomic E-state index is 0.0265. The molecule has 3 rings (SSSR count). The molecule has 0 bridgehead atoms. The van der Waals surface area contributed by atoms with Gasteiger partial charge in [0.25, 0.3) is 5.91 Å². The van der Waals surface area contributed by atoms with Crippen LogP contribution in [0.3, 0.4) is 0 Å². The first-order valence-corrected chi connectivity index (χ1v) is 9.36. The van der Waals surface area contributed by atoms with E-state index in [-0.39, 0.29) is 24.2 Å². The molecule has 0 saturated carbocycles. The summed E-state index contributed by atoms with van der Waals surface area (Å²) in [5.41, 5.74) is 3.05. The van der Waals surface area contributed by atoms with Crippen LogP contribution in [0.25, 0.3) is 5.69 Å². The number of rotatable bonds is 6. The maximum Gasteiger partial charge on any atom is 0.274 e. The van der Waals surface area contributed by atoms with Crippen LogP contribution >= 0.6 is 0 Å². The molecule has 0 atom stereocenters. The Morgan fingerprint density at radius 3 is 2.44 bits per heavy atom. The van der Waals surface area contributed by atoms with Crippen LogP contribution in [0.15, 0.2) is 24.3 Å². The van der Waals surface area contributed by atoms with Crippen molar-refractivity contribution in [3.8, 4) is 5.69 Å². The zero-order valence-electron chi connectivity index (χ0n) is 16.0. The topological polar surface area (TPSA) is 58.4 Å². The highest BCUT2D eigenvalue weighted by atomic mass is 19.1. The summed E-state index contributed by atoms with van der Waals surface area (Å²) < 4.78 is 15.0. The summed E-state index contributed by atoms with van der Waals surface area (Å²) in [6.07, 6.45) is 2.57. The van der Waals surface area contributed by atoms with E-state index in [4.69, 9.17) is 0 Å². The molecular weight excluding hydrogens is 347 g/mol. The van der Waals surface area contributed by atoms with Crippen LogP contribution in [-0.2, 0) is 17.6 Å². The van der Waals surface area contributed by atoms with Gasteiger partial charge in [0.1, 0.15) is 5.82 Å². The van der Waals surface area contributed by atoms with Crippen LogP contribution in [0.5, 0.6) is 0 Å².